The first kappa shape index (κ1) is 20.9. The van der Waals surface area contributed by atoms with Crippen LogP contribution in [0, 0.1) is 0 Å². The van der Waals surface area contributed by atoms with Crippen LogP contribution in [0.15, 0.2) is 48.2 Å². The first-order valence-corrected chi connectivity index (χ1v) is 11.1. The van der Waals surface area contributed by atoms with E-state index in [2.05, 4.69) is 36.6 Å². The zero-order valence-corrected chi connectivity index (χ0v) is 18.1. The Morgan fingerprint density at radius 1 is 1.23 bits per heavy atom. The van der Waals surface area contributed by atoms with Gasteiger partial charge in [-0.15, -0.1) is 11.3 Å². The third-order valence-electron chi connectivity index (χ3n) is 5.03. The second-order valence-electron chi connectivity index (χ2n) is 7.43. The fraction of sp³-hybridized carbons (Fsp3) is 0.318. The number of hydrogen-bond acceptors (Lipinski definition) is 7. The summed E-state index contributed by atoms with van der Waals surface area (Å²) >= 11 is 1.41. The smallest absolute Gasteiger partial charge is 0.246 e. The fourth-order valence-corrected chi connectivity index (χ4v) is 4.22. The summed E-state index contributed by atoms with van der Waals surface area (Å²) in [4.78, 5) is 39.9. The van der Waals surface area contributed by atoms with E-state index in [4.69, 9.17) is 0 Å². The number of carbonyl (C=O) groups is 2. The van der Waals surface area contributed by atoms with E-state index in [0.717, 1.165) is 24.5 Å². The highest BCUT2D eigenvalue weighted by Crippen LogP contribution is 2.23. The maximum absolute atomic E-state index is 12.6. The molecule has 2 N–H and O–H groups in total. The molecule has 31 heavy (non-hydrogen) atoms. The average molecular weight is 437 g/mol. The van der Waals surface area contributed by atoms with Crippen LogP contribution in [0.2, 0.25) is 0 Å². The van der Waals surface area contributed by atoms with Crippen LogP contribution in [0.1, 0.15) is 25.5 Å². The summed E-state index contributed by atoms with van der Waals surface area (Å²) < 4.78 is 0. The number of hydrogen-bond donors (Lipinski definition) is 2. The zero-order valence-electron chi connectivity index (χ0n) is 17.2. The van der Waals surface area contributed by atoms with Crippen molar-refractivity contribution >= 4 is 34.5 Å². The molecule has 9 heteroatoms. The van der Waals surface area contributed by atoms with E-state index in [1.807, 2.05) is 23.6 Å². The minimum atomic E-state index is -0.666. The van der Waals surface area contributed by atoms with Crippen LogP contribution in [0.5, 0.6) is 0 Å². The lowest BCUT2D eigenvalue weighted by Gasteiger charge is -2.19. The minimum Gasteiger partial charge on any atom is -0.371 e. The van der Waals surface area contributed by atoms with Gasteiger partial charge in [-0.2, -0.15) is 0 Å². The molecule has 1 unspecified atom stereocenters. The number of rotatable bonds is 7. The highest BCUT2D eigenvalue weighted by molar-refractivity contribution is 7.13. The lowest BCUT2D eigenvalue weighted by molar-refractivity contribution is -0.125. The molecule has 0 bridgehead atoms. The van der Waals surface area contributed by atoms with Gasteiger partial charge in [-0.25, -0.2) is 4.98 Å². The van der Waals surface area contributed by atoms with E-state index < -0.39 is 6.04 Å². The van der Waals surface area contributed by atoms with Crippen molar-refractivity contribution in [1.29, 1.82) is 0 Å². The molecule has 2 amide bonds. The molecule has 1 aromatic carbocycles. The Balaban J connectivity index is 1.30. The van der Waals surface area contributed by atoms with Gasteiger partial charge >= 0.3 is 0 Å². The van der Waals surface area contributed by atoms with Gasteiger partial charge in [0.2, 0.25) is 11.8 Å². The maximum atomic E-state index is 12.6. The second kappa shape index (κ2) is 9.65. The standard InChI is InChI=1S/C22H24N6O2S/c1-15(21(30)26-16-5-4-6-18(11-16)28-9-2-3-10-28)25-20(29)12-17-14-31-22(27-17)19-13-23-7-8-24-19/h4-8,11,13-15H,2-3,9-10,12H2,1H3,(H,25,29)(H,26,30). The molecule has 1 fully saturated rings. The van der Waals surface area contributed by atoms with Crippen molar-refractivity contribution in [3.63, 3.8) is 0 Å². The number of aromatic nitrogens is 3. The van der Waals surface area contributed by atoms with Crippen molar-refractivity contribution in [3.8, 4) is 10.7 Å². The number of thiazole rings is 1. The van der Waals surface area contributed by atoms with Gasteiger partial charge in [-0.3, -0.25) is 19.6 Å². The number of amides is 2. The predicted octanol–water partition coefficient (Wildman–Crippen LogP) is 2.89. The fourth-order valence-electron chi connectivity index (χ4n) is 3.44. The Labute approximate surface area is 184 Å². The van der Waals surface area contributed by atoms with Crippen molar-refractivity contribution < 1.29 is 9.59 Å². The lowest BCUT2D eigenvalue weighted by Crippen LogP contribution is -2.42. The number of anilines is 2. The normalized spacial score (nSPS) is 14.3. The quantitative estimate of drug-likeness (QED) is 0.591. The first-order valence-electron chi connectivity index (χ1n) is 10.2. The van der Waals surface area contributed by atoms with Crippen LogP contribution >= 0.6 is 11.3 Å². The van der Waals surface area contributed by atoms with E-state index >= 15 is 0 Å². The van der Waals surface area contributed by atoms with Crippen LogP contribution in [0.3, 0.4) is 0 Å². The highest BCUT2D eigenvalue weighted by Gasteiger charge is 2.18. The molecule has 1 atom stereocenters. The largest absolute Gasteiger partial charge is 0.371 e. The van der Waals surface area contributed by atoms with Crippen molar-refractivity contribution in [2.45, 2.75) is 32.2 Å². The van der Waals surface area contributed by atoms with E-state index in [9.17, 15) is 9.59 Å². The van der Waals surface area contributed by atoms with Crippen LogP contribution in [-0.4, -0.2) is 45.9 Å². The number of nitrogens with one attached hydrogen (secondary N) is 2. The summed E-state index contributed by atoms with van der Waals surface area (Å²) in [5.74, 6) is -0.519. The Hall–Kier alpha value is -3.33. The molecule has 8 nitrogen and oxygen atoms in total. The van der Waals surface area contributed by atoms with Crippen molar-refractivity contribution in [3.05, 3.63) is 53.9 Å². The summed E-state index contributed by atoms with van der Waals surface area (Å²) in [5.41, 5.74) is 3.13. The van der Waals surface area contributed by atoms with Gasteiger partial charge in [0.25, 0.3) is 0 Å². The van der Waals surface area contributed by atoms with E-state index in [-0.39, 0.29) is 18.2 Å². The molecule has 0 spiro atoms. The number of carbonyl (C=O) groups excluding carboxylic acids is 2. The molecular formula is C22H24N6O2S. The summed E-state index contributed by atoms with van der Waals surface area (Å²) in [7, 11) is 0. The third kappa shape index (κ3) is 5.43. The molecular weight excluding hydrogens is 412 g/mol. The Bertz CT molecular complexity index is 1050. The van der Waals surface area contributed by atoms with Gasteiger partial charge < -0.3 is 15.5 Å². The van der Waals surface area contributed by atoms with Gasteiger partial charge in [0, 0.05) is 42.2 Å². The summed E-state index contributed by atoms with van der Waals surface area (Å²) in [6.07, 6.45) is 7.31. The van der Waals surface area contributed by atoms with Gasteiger partial charge in [-0.1, -0.05) is 6.07 Å². The molecule has 1 saturated heterocycles. The monoisotopic (exact) mass is 436 g/mol. The van der Waals surface area contributed by atoms with Crippen LogP contribution < -0.4 is 15.5 Å². The van der Waals surface area contributed by atoms with Crippen molar-refractivity contribution in [2.75, 3.05) is 23.3 Å². The molecule has 3 heterocycles. The highest BCUT2D eigenvalue weighted by atomic mass is 32.1. The molecule has 1 aliphatic rings. The van der Waals surface area contributed by atoms with Crippen LogP contribution in [-0.2, 0) is 16.0 Å². The van der Waals surface area contributed by atoms with E-state index in [0.29, 0.717) is 16.4 Å². The Morgan fingerprint density at radius 3 is 2.84 bits per heavy atom. The van der Waals surface area contributed by atoms with Crippen molar-refractivity contribution in [2.24, 2.45) is 0 Å². The molecule has 3 aromatic rings. The summed E-state index contributed by atoms with van der Waals surface area (Å²) in [6, 6.07) is 7.15. The molecule has 0 aliphatic carbocycles. The lowest BCUT2D eigenvalue weighted by atomic mass is 10.2. The summed E-state index contributed by atoms with van der Waals surface area (Å²) in [5, 5.41) is 8.16. The molecule has 0 radical (unpaired) electrons. The molecule has 4 rings (SSSR count). The zero-order chi connectivity index (χ0) is 21.6. The van der Waals surface area contributed by atoms with Gasteiger partial charge in [-0.05, 0) is 38.0 Å². The summed E-state index contributed by atoms with van der Waals surface area (Å²) in [6.45, 7) is 3.75. The Kier molecular flexibility index (Phi) is 6.51. The second-order valence-corrected chi connectivity index (χ2v) is 8.29. The molecule has 2 aromatic heterocycles. The van der Waals surface area contributed by atoms with Crippen molar-refractivity contribution in [1.82, 2.24) is 20.3 Å². The van der Waals surface area contributed by atoms with E-state index in [1.165, 1.54) is 24.2 Å². The number of benzene rings is 1. The Morgan fingerprint density at radius 2 is 2.06 bits per heavy atom. The van der Waals surface area contributed by atoms with Crippen LogP contribution in [0.25, 0.3) is 10.7 Å². The topological polar surface area (TPSA) is 100 Å². The van der Waals surface area contributed by atoms with E-state index in [1.54, 1.807) is 25.5 Å². The molecule has 160 valence electrons. The van der Waals surface area contributed by atoms with Gasteiger partial charge in [0.15, 0.2) is 0 Å². The molecule has 1 aliphatic heterocycles. The first-order chi connectivity index (χ1) is 15.1. The third-order valence-corrected chi connectivity index (χ3v) is 5.95. The number of nitrogens with zero attached hydrogens (tertiary/aromatic N) is 4. The van der Waals surface area contributed by atoms with Gasteiger partial charge in [0.1, 0.15) is 16.7 Å². The van der Waals surface area contributed by atoms with Crippen LogP contribution in [0.4, 0.5) is 11.4 Å². The maximum Gasteiger partial charge on any atom is 0.246 e. The average Bonchev–Trinajstić information content (AvgIpc) is 3.47. The molecule has 0 saturated carbocycles. The van der Waals surface area contributed by atoms with Gasteiger partial charge in [0.05, 0.1) is 18.3 Å². The SMILES string of the molecule is CC(NC(=O)Cc1csc(-c2cnccn2)n1)C(=O)Nc1cccc(N2CCCC2)c1. The minimum absolute atomic E-state index is 0.0961. The predicted molar refractivity (Wildman–Crippen MR) is 121 cm³/mol.